The first kappa shape index (κ1) is 22.8. The molecular formula is C27H40N2O. The third-order valence-corrected chi connectivity index (χ3v) is 6.66. The van der Waals surface area contributed by atoms with Gasteiger partial charge in [-0.2, -0.15) is 0 Å². The minimum Gasteiger partial charge on any atom is -0.387 e. The number of aliphatic hydroxyl groups excluding tert-OH is 1. The minimum absolute atomic E-state index is 0.149. The Morgan fingerprint density at radius 3 is 2.33 bits per heavy atom. The molecule has 3 heteroatoms. The third kappa shape index (κ3) is 6.85. The summed E-state index contributed by atoms with van der Waals surface area (Å²) < 4.78 is 0. The summed E-state index contributed by atoms with van der Waals surface area (Å²) in [4.78, 5) is 2.46. The van der Waals surface area contributed by atoms with Crippen molar-refractivity contribution in [2.75, 3.05) is 25.0 Å². The van der Waals surface area contributed by atoms with Crippen molar-refractivity contribution in [2.45, 2.75) is 70.9 Å². The quantitative estimate of drug-likeness (QED) is 0.444. The molecule has 2 N–H and O–H groups in total. The van der Waals surface area contributed by atoms with Gasteiger partial charge in [0.05, 0.1) is 6.10 Å². The maximum absolute atomic E-state index is 10.9. The molecule has 0 radical (unpaired) electrons. The molecule has 0 amide bonds. The van der Waals surface area contributed by atoms with Crippen molar-refractivity contribution >= 4 is 5.69 Å². The third-order valence-electron chi connectivity index (χ3n) is 6.66. The van der Waals surface area contributed by atoms with Gasteiger partial charge < -0.3 is 10.4 Å². The van der Waals surface area contributed by atoms with E-state index in [-0.39, 0.29) is 6.04 Å². The summed E-state index contributed by atoms with van der Waals surface area (Å²) in [5, 5.41) is 14.4. The second-order valence-electron chi connectivity index (χ2n) is 8.96. The molecule has 1 fully saturated rings. The van der Waals surface area contributed by atoms with Gasteiger partial charge in [0.15, 0.2) is 0 Å². The van der Waals surface area contributed by atoms with E-state index >= 15 is 0 Å². The van der Waals surface area contributed by atoms with Crippen LogP contribution < -0.4 is 5.32 Å². The topological polar surface area (TPSA) is 35.5 Å². The van der Waals surface area contributed by atoms with Gasteiger partial charge in [-0.15, -0.1) is 0 Å². The van der Waals surface area contributed by atoms with Crippen LogP contribution in [0.1, 0.15) is 69.6 Å². The summed E-state index contributed by atoms with van der Waals surface area (Å²) in [5.74, 6) is 0.760. The average molecular weight is 409 g/mol. The summed E-state index contributed by atoms with van der Waals surface area (Å²) in [6.07, 6.45) is 8.27. The normalized spacial score (nSPS) is 17.6. The number of nitrogens with zero attached hydrogens (tertiary/aromatic N) is 1. The number of benzene rings is 2. The van der Waals surface area contributed by atoms with Crippen LogP contribution in [0.3, 0.4) is 0 Å². The molecule has 0 spiro atoms. The standard InChI is InChI=1S/C27H40N2O/c1-3-4-5-9-18-28-26-14-12-25(13-15-26)27(30)22(2)29-19-16-24(17-20-29)21-23-10-7-6-8-11-23/h6-8,10-15,22,24,27-28,30H,3-5,9,16-21H2,1-2H3/t22-,27+/m1/s1. The molecule has 0 bridgehead atoms. The van der Waals surface area contributed by atoms with Gasteiger partial charge in [0.25, 0.3) is 0 Å². The van der Waals surface area contributed by atoms with Crippen LogP contribution in [0, 0.1) is 5.92 Å². The lowest BCUT2D eigenvalue weighted by Gasteiger charge is -2.38. The molecule has 2 aromatic carbocycles. The zero-order chi connectivity index (χ0) is 21.2. The molecule has 1 aliphatic rings. The molecule has 1 heterocycles. The Morgan fingerprint density at radius 1 is 0.967 bits per heavy atom. The molecule has 2 aromatic rings. The molecule has 0 aromatic heterocycles. The van der Waals surface area contributed by atoms with Gasteiger partial charge >= 0.3 is 0 Å². The first-order valence-electron chi connectivity index (χ1n) is 12.0. The van der Waals surface area contributed by atoms with Crippen LogP contribution in [0.5, 0.6) is 0 Å². The lowest BCUT2D eigenvalue weighted by atomic mass is 9.89. The number of piperidine rings is 1. The number of hydrogen-bond acceptors (Lipinski definition) is 3. The molecule has 30 heavy (non-hydrogen) atoms. The van der Waals surface area contributed by atoms with Gasteiger partial charge in [-0.05, 0) is 74.9 Å². The molecule has 0 saturated carbocycles. The van der Waals surface area contributed by atoms with Crippen LogP contribution in [-0.2, 0) is 6.42 Å². The lowest BCUT2D eigenvalue weighted by molar-refractivity contribution is 0.0373. The van der Waals surface area contributed by atoms with Gasteiger partial charge in [0.2, 0.25) is 0 Å². The smallest absolute Gasteiger partial charge is 0.0942 e. The number of likely N-dealkylation sites (tertiary alicyclic amines) is 1. The van der Waals surface area contributed by atoms with Crippen LogP contribution in [0.4, 0.5) is 5.69 Å². The largest absolute Gasteiger partial charge is 0.387 e. The van der Waals surface area contributed by atoms with E-state index in [2.05, 4.69) is 78.7 Å². The SMILES string of the molecule is CCCCCCNc1ccc([C@@H](O)[C@@H](C)N2CCC(Cc3ccccc3)CC2)cc1. The Hall–Kier alpha value is -1.84. The van der Waals surface area contributed by atoms with E-state index in [4.69, 9.17) is 0 Å². The number of unbranched alkanes of at least 4 members (excludes halogenated alkanes) is 3. The monoisotopic (exact) mass is 408 g/mol. The lowest BCUT2D eigenvalue weighted by Crippen LogP contribution is -2.43. The van der Waals surface area contributed by atoms with Crippen LogP contribution in [0.15, 0.2) is 54.6 Å². The predicted molar refractivity (Wildman–Crippen MR) is 128 cm³/mol. The van der Waals surface area contributed by atoms with E-state index < -0.39 is 6.10 Å². The number of aliphatic hydroxyl groups is 1. The molecule has 164 valence electrons. The molecule has 0 unspecified atom stereocenters. The van der Waals surface area contributed by atoms with Crippen molar-refractivity contribution in [3.05, 3.63) is 65.7 Å². The molecular weight excluding hydrogens is 368 g/mol. The Balaban J connectivity index is 1.43. The second-order valence-corrected chi connectivity index (χ2v) is 8.96. The summed E-state index contributed by atoms with van der Waals surface area (Å²) in [6.45, 7) is 7.59. The van der Waals surface area contributed by atoms with Crippen molar-refractivity contribution in [1.29, 1.82) is 0 Å². The van der Waals surface area contributed by atoms with Crippen LogP contribution >= 0.6 is 0 Å². The fraction of sp³-hybridized carbons (Fsp3) is 0.556. The molecule has 1 aliphatic heterocycles. The van der Waals surface area contributed by atoms with Gasteiger partial charge in [0, 0.05) is 18.3 Å². The highest BCUT2D eigenvalue weighted by atomic mass is 16.3. The van der Waals surface area contributed by atoms with Crippen molar-refractivity contribution < 1.29 is 5.11 Å². The highest BCUT2D eigenvalue weighted by Gasteiger charge is 2.27. The number of hydrogen-bond donors (Lipinski definition) is 2. The summed E-state index contributed by atoms with van der Waals surface area (Å²) in [6, 6.07) is 19.4. The van der Waals surface area contributed by atoms with E-state index in [1.807, 2.05) is 0 Å². The molecule has 2 atom stereocenters. The van der Waals surface area contributed by atoms with E-state index in [0.29, 0.717) is 0 Å². The van der Waals surface area contributed by atoms with Gasteiger partial charge in [-0.3, -0.25) is 4.90 Å². The summed E-state index contributed by atoms with van der Waals surface area (Å²) in [7, 11) is 0. The highest BCUT2D eigenvalue weighted by Crippen LogP contribution is 2.28. The molecule has 0 aliphatic carbocycles. The van der Waals surface area contributed by atoms with Crippen LogP contribution in [-0.4, -0.2) is 35.7 Å². The molecule has 1 saturated heterocycles. The predicted octanol–water partition coefficient (Wildman–Crippen LogP) is 6.06. The molecule has 3 rings (SSSR count). The zero-order valence-electron chi connectivity index (χ0n) is 18.9. The van der Waals surface area contributed by atoms with E-state index in [9.17, 15) is 5.11 Å². The Kier molecular flexibility index (Phi) is 9.23. The molecule has 3 nitrogen and oxygen atoms in total. The summed E-state index contributed by atoms with van der Waals surface area (Å²) >= 11 is 0. The Labute approximate surface area is 183 Å². The van der Waals surface area contributed by atoms with Crippen molar-refractivity contribution in [3.63, 3.8) is 0 Å². The Bertz CT molecular complexity index is 707. The van der Waals surface area contributed by atoms with Crippen LogP contribution in [0.25, 0.3) is 0 Å². The van der Waals surface area contributed by atoms with Crippen LogP contribution in [0.2, 0.25) is 0 Å². The van der Waals surface area contributed by atoms with Gasteiger partial charge in [0.1, 0.15) is 0 Å². The number of nitrogens with one attached hydrogen (secondary N) is 1. The first-order chi connectivity index (χ1) is 14.7. The van der Waals surface area contributed by atoms with E-state index in [1.54, 1.807) is 0 Å². The van der Waals surface area contributed by atoms with Gasteiger partial charge in [-0.1, -0.05) is 68.7 Å². The summed E-state index contributed by atoms with van der Waals surface area (Å²) in [5.41, 5.74) is 3.62. The van der Waals surface area contributed by atoms with Crippen molar-refractivity contribution in [2.24, 2.45) is 5.92 Å². The average Bonchev–Trinajstić information content (AvgIpc) is 2.80. The zero-order valence-corrected chi connectivity index (χ0v) is 18.9. The van der Waals surface area contributed by atoms with Crippen molar-refractivity contribution in [3.8, 4) is 0 Å². The maximum Gasteiger partial charge on any atom is 0.0942 e. The highest BCUT2D eigenvalue weighted by molar-refractivity contribution is 5.45. The van der Waals surface area contributed by atoms with Gasteiger partial charge in [-0.25, -0.2) is 0 Å². The minimum atomic E-state index is -0.436. The Morgan fingerprint density at radius 2 is 1.67 bits per heavy atom. The fourth-order valence-corrected chi connectivity index (χ4v) is 4.57. The second kappa shape index (κ2) is 12.1. The van der Waals surface area contributed by atoms with E-state index in [0.717, 1.165) is 36.8 Å². The maximum atomic E-state index is 10.9. The van der Waals surface area contributed by atoms with E-state index in [1.165, 1.54) is 50.5 Å². The number of rotatable bonds is 11. The fourth-order valence-electron chi connectivity index (χ4n) is 4.57. The number of anilines is 1. The van der Waals surface area contributed by atoms with Crippen molar-refractivity contribution in [1.82, 2.24) is 4.90 Å². The first-order valence-corrected chi connectivity index (χ1v) is 12.0.